The molecule has 0 saturated heterocycles. The standard InChI is InChI=1S/C66H43N3/c1-4-20-44(21-5-1)47-26-18-27-49(42-47)67-57-33-14-11-29-52(57)54-40-41-62-65(66(54)67)56-31-13-17-36-60(56)68(62)58-34-15-10-28-51(58)53-32-19-37-61-64(53)55-30-12-16-35-59(55)69(61)63-43-48(45-22-6-2-7-23-45)38-39-50(63)46-24-8-3-9-25-46/h1-43H. The molecule has 0 aliphatic rings. The van der Waals surface area contributed by atoms with Crippen LogP contribution >= 0.6 is 0 Å². The van der Waals surface area contributed by atoms with Crippen molar-refractivity contribution in [3.05, 3.63) is 261 Å². The highest BCUT2D eigenvalue weighted by Crippen LogP contribution is 2.46. The van der Waals surface area contributed by atoms with E-state index in [1.165, 1.54) is 104 Å². The zero-order chi connectivity index (χ0) is 45.4. The van der Waals surface area contributed by atoms with Gasteiger partial charge in [-0.2, -0.15) is 0 Å². The third-order valence-corrected chi connectivity index (χ3v) is 14.2. The lowest BCUT2D eigenvalue weighted by Gasteiger charge is -2.17. The van der Waals surface area contributed by atoms with Gasteiger partial charge in [-0.1, -0.05) is 206 Å². The van der Waals surface area contributed by atoms with E-state index in [9.17, 15) is 0 Å². The second-order valence-corrected chi connectivity index (χ2v) is 18.0. The summed E-state index contributed by atoms with van der Waals surface area (Å²) in [5.74, 6) is 0. The van der Waals surface area contributed by atoms with E-state index in [1.54, 1.807) is 0 Å². The predicted octanol–water partition coefficient (Wildman–Crippen LogP) is 17.6. The zero-order valence-corrected chi connectivity index (χ0v) is 37.7. The normalized spacial score (nSPS) is 11.8. The van der Waals surface area contributed by atoms with Crippen LogP contribution in [0.5, 0.6) is 0 Å². The molecule has 3 nitrogen and oxygen atoms in total. The van der Waals surface area contributed by atoms with Gasteiger partial charge in [0.2, 0.25) is 0 Å². The molecule has 0 unspecified atom stereocenters. The van der Waals surface area contributed by atoms with Crippen molar-refractivity contribution in [3.63, 3.8) is 0 Å². The molecule has 0 N–H and O–H groups in total. The molecule has 0 bridgehead atoms. The lowest BCUT2D eigenvalue weighted by Crippen LogP contribution is -1.99. The molecule has 0 aliphatic heterocycles. The molecule has 69 heavy (non-hydrogen) atoms. The lowest BCUT2D eigenvalue weighted by molar-refractivity contribution is 1.17. The monoisotopic (exact) mass is 877 g/mol. The third-order valence-electron chi connectivity index (χ3n) is 14.2. The minimum atomic E-state index is 1.14. The smallest absolute Gasteiger partial charge is 0.0641 e. The number of para-hydroxylation sites is 4. The van der Waals surface area contributed by atoms with E-state index in [4.69, 9.17) is 0 Å². The van der Waals surface area contributed by atoms with Crippen molar-refractivity contribution in [1.82, 2.24) is 13.7 Å². The first-order valence-corrected chi connectivity index (χ1v) is 23.8. The van der Waals surface area contributed by atoms with Gasteiger partial charge in [0, 0.05) is 49.1 Å². The van der Waals surface area contributed by atoms with Crippen LogP contribution in [0.2, 0.25) is 0 Å². The molecular formula is C66H43N3. The van der Waals surface area contributed by atoms with Gasteiger partial charge in [-0.05, 0) is 88.0 Å². The Bertz CT molecular complexity index is 4290. The van der Waals surface area contributed by atoms with E-state index in [1.807, 2.05) is 0 Å². The van der Waals surface area contributed by atoms with Crippen molar-refractivity contribution in [1.29, 1.82) is 0 Å². The Morgan fingerprint density at radius 3 is 1.42 bits per heavy atom. The van der Waals surface area contributed by atoms with Crippen molar-refractivity contribution in [2.45, 2.75) is 0 Å². The molecule has 0 aliphatic carbocycles. The Balaban J connectivity index is 1.04. The first kappa shape index (κ1) is 39.0. The molecular weight excluding hydrogens is 835 g/mol. The molecule has 11 aromatic carbocycles. The number of nitrogens with zero attached hydrogens (tertiary/aromatic N) is 3. The highest BCUT2D eigenvalue weighted by Gasteiger charge is 2.24. The predicted molar refractivity (Wildman–Crippen MR) is 291 cm³/mol. The van der Waals surface area contributed by atoms with E-state index in [2.05, 4.69) is 275 Å². The molecule has 0 spiro atoms. The molecule has 0 atom stereocenters. The topological polar surface area (TPSA) is 14.8 Å². The van der Waals surface area contributed by atoms with Crippen molar-refractivity contribution >= 4 is 65.4 Å². The maximum atomic E-state index is 2.51. The first-order chi connectivity index (χ1) is 34.3. The SMILES string of the molecule is c1ccc(-c2cccc(-n3c4ccccc4c4ccc5c(c6ccccc6n5-c5ccccc5-c5cccc6c5c5ccccc5n6-c5cc(-c6ccccc6)ccc5-c5ccccc5)c43)c2)cc1. The molecule has 0 amide bonds. The minimum Gasteiger partial charge on any atom is -0.309 e. The summed E-state index contributed by atoms with van der Waals surface area (Å²) in [6.45, 7) is 0. The van der Waals surface area contributed by atoms with Crippen LogP contribution < -0.4 is 0 Å². The molecule has 0 radical (unpaired) electrons. The van der Waals surface area contributed by atoms with Crippen molar-refractivity contribution in [2.75, 3.05) is 0 Å². The number of benzene rings is 11. The van der Waals surface area contributed by atoms with Crippen LogP contribution in [0.3, 0.4) is 0 Å². The highest BCUT2D eigenvalue weighted by atomic mass is 15.0. The van der Waals surface area contributed by atoms with Crippen molar-refractivity contribution < 1.29 is 0 Å². The summed E-state index contributed by atoms with van der Waals surface area (Å²) >= 11 is 0. The molecule has 3 heterocycles. The van der Waals surface area contributed by atoms with Crippen molar-refractivity contribution in [3.8, 4) is 61.6 Å². The lowest BCUT2D eigenvalue weighted by atomic mass is 9.97. The summed E-state index contributed by atoms with van der Waals surface area (Å²) in [6, 6.07) is 95.5. The van der Waals surface area contributed by atoms with Gasteiger partial charge in [0.25, 0.3) is 0 Å². The van der Waals surface area contributed by atoms with Gasteiger partial charge in [0.15, 0.2) is 0 Å². The van der Waals surface area contributed by atoms with Crippen molar-refractivity contribution in [2.24, 2.45) is 0 Å². The minimum absolute atomic E-state index is 1.14. The number of rotatable bonds is 7. The Labute approximate surface area is 399 Å². The maximum absolute atomic E-state index is 2.51. The Kier molecular flexibility index (Phi) is 8.90. The van der Waals surface area contributed by atoms with Gasteiger partial charge in [0.05, 0.1) is 44.5 Å². The molecule has 14 rings (SSSR count). The summed E-state index contributed by atoms with van der Waals surface area (Å²) in [6.07, 6.45) is 0. The van der Waals surface area contributed by atoms with Gasteiger partial charge >= 0.3 is 0 Å². The number of aromatic nitrogens is 3. The maximum Gasteiger partial charge on any atom is 0.0641 e. The van der Waals surface area contributed by atoms with Gasteiger partial charge in [0.1, 0.15) is 0 Å². The highest BCUT2D eigenvalue weighted by molar-refractivity contribution is 6.26. The van der Waals surface area contributed by atoms with E-state index >= 15 is 0 Å². The van der Waals surface area contributed by atoms with Gasteiger partial charge in [-0.15, -0.1) is 0 Å². The molecule has 0 fully saturated rings. The van der Waals surface area contributed by atoms with Crippen LogP contribution in [0, 0.1) is 0 Å². The van der Waals surface area contributed by atoms with E-state index in [0.29, 0.717) is 0 Å². The molecule has 0 saturated carbocycles. The average molecular weight is 878 g/mol. The quantitative estimate of drug-likeness (QED) is 0.152. The third kappa shape index (κ3) is 6.07. The Hall–Kier alpha value is -9.18. The fourth-order valence-corrected chi connectivity index (χ4v) is 11.3. The zero-order valence-electron chi connectivity index (χ0n) is 37.7. The fraction of sp³-hybridized carbons (Fsp3) is 0. The van der Waals surface area contributed by atoms with Crippen LogP contribution in [0.25, 0.3) is 127 Å². The second-order valence-electron chi connectivity index (χ2n) is 18.0. The first-order valence-electron chi connectivity index (χ1n) is 23.8. The fourth-order valence-electron chi connectivity index (χ4n) is 11.3. The van der Waals surface area contributed by atoms with Crippen LogP contribution in [0.1, 0.15) is 0 Å². The molecule has 322 valence electrons. The van der Waals surface area contributed by atoms with Crippen LogP contribution in [-0.2, 0) is 0 Å². The largest absolute Gasteiger partial charge is 0.309 e. The van der Waals surface area contributed by atoms with Crippen LogP contribution in [0.4, 0.5) is 0 Å². The second kappa shape index (κ2) is 15.7. The molecule has 14 aromatic rings. The van der Waals surface area contributed by atoms with Gasteiger partial charge in [-0.25, -0.2) is 0 Å². The number of hydrogen-bond acceptors (Lipinski definition) is 0. The van der Waals surface area contributed by atoms with E-state index < -0.39 is 0 Å². The Morgan fingerprint density at radius 2 is 0.710 bits per heavy atom. The number of hydrogen-bond donors (Lipinski definition) is 0. The Morgan fingerprint density at radius 1 is 0.217 bits per heavy atom. The van der Waals surface area contributed by atoms with Gasteiger partial charge < -0.3 is 13.7 Å². The van der Waals surface area contributed by atoms with E-state index in [-0.39, 0.29) is 0 Å². The summed E-state index contributed by atoms with van der Waals surface area (Å²) in [7, 11) is 0. The summed E-state index contributed by atoms with van der Waals surface area (Å²) in [5, 5.41) is 7.38. The molecule has 3 aromatic heterocycles. The average Bonchev–Trinajstić information content (AvgIpc) is 4.07. The summed E-state index contributed by atoms with van der Waals surface area (Å²) in [5.41, 5.74) is 20.0. The summed E-state index contributed by atoms with van der Waals surface area (Å²) < 4.78 is 7.50. The number of fused-ring (bicyclic) bond motifs is 10. The molecule has 3 heteroatoms. The van der Waals surface area contributed by atoms with Crippen LogP contribution in [-0.4, -0.2) is 13.7 Å². The summed E-state index contributed by atoms with van der Waals surface area (Å²) in [4.78, 5) is 0. The van der Waals surface area contributed by atoms with Gasteiger partial charge in [-0.3, -0.25) is 0 Å². The van der Waals surface area contributed by atoms with E-state index in [0.717, 1.165) is 22.6 Å². The van der Waals surface area contributed by atoms with Crippen LogP contribution in [0.15, 0.2) is 261 Å².